The first kappa shape index (κ1) is 14.8. The van der Waals surface area contributed by atoms with Gasteiger partial charge in [-0.1, -0.05) is 62.4 Å². The van der Waals surface area contributed by atoms with Gasteiger partial charge in [-0.25, -0.2) is 0 Å². The SMILES string of the molecule is CCc1cccc(CCCCc2ccccc2CC)c1. The second kappa shape index (κ2) is 7.89. The maximum absolute atomic E-state index is 2.36. The summed E-state index contributed by atoms with van der Waals surface area (Å²) in [5, 5.41) is 0. The number of aryl methyl sites for hydroxylation is 4. The molecule has 0 aromatic heterocycles. The van der Waals surface area contributed by atoms with Crippen LogP contribution in [0.2, 0.25) is 0 Å². The lowest BCUT2D eigenvalue weighted by Gasteiger charge is -2.08. The van der Waals surface area contributed by atoms with E-state index in [9.17, 15) is 0 Å². The van der Waals surface area contributed by atoms with Gasteiger partial charge in [-0.15, -0.1) is 0 Å². The molecule has 0 amide bonds. The number of hydrogen-bond donors (Lipinski definition) is 0. The summed E-state index contributed by atoms with van der Waals surface area (Å²) in [4.78, 5) is 0. The third-order valence-corrected chi connectivity index (χ3v) is 4.06. The van der Waals surface area contributed by atoms with Crippen molar-refractivity contribution in [3.05, 3.63) is 70.8 Å². The predicted octanol–water partition coefficient (Wildman–Crippen LogP) is 5.38. The highest BCUT2D eigenvalue weighted by Crippen LogP contribution is 2.15. The lowest BCUT2D eigenvalue weighted by Crippen LogP contribution is -1.94. The normalized spacial score (nSPS) is 10.7. The molecule has 106 valence electrons. The molecule has 0 aliphatic carbocycles. The van der Waals surface area contributed by atoms with Crippen molar-refractivity contribution in [2.24, 2.45) is 0 Å². The van der Waals surface area contributed by atoms with Crippen LogP contribution < -0.4 is 0 Å². The van der Waals surface area contributed by atoms with Crippen molar-refractivity contribution in [2.45, 2.75) is 52.4 Å². The summed E-state index contributed by atoms with van der Waals surface area (Å²) in [6.45, 7) is 4.47. The molecule has 0 spiro atoms. The highest BCUT2D eigenvalue weighted by atomic mass is 14.1. The van der Waals surface area contributed by atoms with Crippen LogP contribution in [0.5, 0.6) is 0 Å². The highest BCUT2D eigenvalue weighted by molar-refractivity contribution is 5.27. The van der Waals surface area contributed by atoms with Crippen LogP contribution in [0.1, 0.15) is 48.9 Å². The quantitative estimate of drug-likeness (QED) is 0.590. The zero-order valence-electron chi connectivity index (χ0n) is 12.9. The summed E-state index contributed by atoms with van der Waals surface area (Å²) in [6.07, 6.45) is 7.28. The first-order valence-corrected chi connectivity index (χ1v) is 7.98. The minimum Gasteiger partial charge on any atom is -0.0620 e. The monoisotopic (exact) mass is 266 g/mol. The van der Waals surface area contributed by atoms with Gasteiger partial charge in [0.25, 0.3) is 0 Å². The second-order valence-corrected chi connectivity index (χ2v) is 5.50. The molecule has 0 N–H and O–H groups in total. The first-order chi connectivity index (χ1) is 9.83. The van der Waals surface area contributed by atoms with E-state index in [1.165, 1.54) is 47.9 Å². The zero-order chi connectivity index (χ0) is 14.2. The second-order valence-electron chi connectivity index (χ2n) is 5.50. The average Bonchev–Trinajstić information content (AvgIpc) is 2.52. The number of benzene rings is 2. The molecule has 0 aliphatic heterocycles. The van der Waals surface area contributed by atoms with Crippen LogP contribution in [0.4, 0.5) is 0 Å². The van der Waals surface area contributed by atoms with Crippen LogP contribution in [0.15, 0.2) is 48.5 Å². The van der Waals surface area contributed by atoms with Crippen LogP contribution in [0.25, 0.3) is 0 Å². The summed E-state index contributed by atoms with van der Waals surface area (Å²) in [5.41, 5.74) is 6.00. The van der Waals surface area contributed by atoms with E-state index in [1.807, 2.05) is 0 Å². The standard InChI is InChI=1S/C20H26/c1-3-17-11-9-12-18(16-17)10-5-6-14-20-15-8-7-13-19(20)4-2/h7-9,11-13,15-16H,3-6,10,14H2,1-2H3. The van der Waals surface area contributed by atoms with E-state index < -0.39 is 0 Å². The fourth-order valence-corrected chi connectivity index (χ4v) is 2.80. The van der Waals surface area contributed by atoms with E-state index in [-0.39, 0.29) is 0 Å². The van der Waals surface area contributed by atoms with Crippen molar-refractivity contribution < 1.29 is 0 Å². The topological polar surface area (TPSA) is 0 Å². The molecular weight excluding hydrogens is 240 g/mol. The van der Waals surface area contributed by atoms with Gasteiger partial charge in [0.15, 0.2) is 0 Å². The Morgan fingerprint density at radius 1 is 0.650 bits per heavy atom. The molecule has 0 nitrogen and oxygen atoms in total. The van der Waals surface area contributed by atoms with Crippen LogP contribution in [-0.4, -0.2) is 0 Å². The molecule has 0 bridgehead atoms. The van der Waals surface area contributed by atoms with Crippen LogP contribution in [0, 0.1) is 0 Å². The molecule has 0 fully saturated rings. The summed E-state index contributed by atoms with van der Waals surface area (Å²) >= 11 is 0. The Kier molecular flexibility index (Phi) is 5.86. The Balaban J connectivity index is 1.81. The highest BCUT2D eigenvalue weighted by Gasteiger charge is 2.00. The molecule has 0 saturated carbocycles. The van der Waals surface area contributed by atoms with E-state index in [0.29, 0.717) is 0 Å². The van der Waals surface area contributed by atoms with Crippen molar-refractivity contribution in [1.29, 1.82) is 0 Å². The Morgan fingerprint density at radius 2 is 1.35 bits per heavy atom. The largest absolute Gasteiger partial charge is 0.0620 e. The third-order valence-electron chi connectivity index (χ3n) is 4.06. The van der Waals surface area contributed by atoms with Crippen molar-refractivity contribution in [3.8, 4) is 0 Å². The zero-order valence-corrected chi connectivity index (χ0v) is 12.9. The van der Waals surface area contributed by atoms with Crippen molar-refractivity contribution in [3.63, 3.8) is 0 Å². The van der Waals surface area contributed by atoms with E-state index >= 15 is 0 Å². The molecular formula is C20H26. The van der Waals surface area contributed by atoms with Gasteiger partial charge < -0.3 is 0 Å². The molecule has 0 saturated heterocycles. The Hall–Kier alpha value is -1.56. The molecule has 0 heterocycles. The van der Waals surface area contributed by atoms with Crippen LogP contribution in [-0.2, 0) is 25.7 Å². The summed E-state index contributed by atoms with van der Waals surface area (Å²) in [6, 6.07) is 17.9. The maximum atomic E-state index is 2.36. The van der Waals surface area contributed by atoms with Gasteiger partial charge in [0.2, 0.25) is 0 Å². The van der Waals surface area contributed by atoms with Crippen molar-refractivity contribution >= 4 is 0 Å². The molecule has 2 rings (SSSR count). The Labute approximate surface area is 123 Å². The van der Waals surface area contributed by atoms with Crippen molar-refractivity contribution in [2.75, 3.05) is 0 Å². The lowest BCUT2D eigenvalue weighted by molar-refractivity contribution is 0.729. The smallest absolute Gasteiger partial charge is 0.0276 e. The first-order valence-electron chi connectivity index (χ1n) is 7.98. The molecule has 0 atom stereocenters. The average molecular weight is 266 g/mol. The number of hydrogen-bond acceptors (Lipinski definition) is 0. The van der Waals surface area contributed by atoms with Crippen molar-refractivity contribution in [1.82, 2.24) is 0 Å². The van der Waals surface area contributed by atoms with E-state index in [1.54, 1.807) is 0 Å². The van der Waals surface area contributed by atoms with Gasteiger partial charge in [0, 0.05) is 0 Å². The molecule has 0 heteroatoms. The molecule has 2 aromatic rings. The number of unbranched alkanes of at least 4 members (excludes halogenated alkanes) is 1. The molecule has 20 heavy (non-hydrogen) atoms. The third kappa shape index (κ3) is 4.23. The van der Waals surface area contributed by atoms with E-state index in [4.69, 9.17) is 0 Å². The Bertz CT molecular complexity index is 525. The minimum atomic E-state index is 1.14. The number of rotatable bonds is 7. The summed E-state index contributed by atoms with van der Waals surface area (Å²) in [5.74, 6) is 0. The van der Waals surface area contributed by atoms with Gasteiger partial charge in [-0.3, -0.25) is 0 Å². The van der Waals surface area contributed by atoms with Crippen LogP contribution in [0.3, 0.4) is 0 Å². The Morgan fingerprint density at radius 3 is 2.10 bits per heavy atom. The molecule has 0 radical (unpaired) electrons. The summed E-state index contributed by atoms with van der Waals surface area (Å²) in [7, 11) is 0. The van der Waals surface area contributed by atoms with Gasteiger partial charge in [0.1, 0.15) is 0 Å². The van der Waals surface area contributed by atoms with Gasteiger partial charge in [-0.2, -0.15) is 0 Å². The van der Waals surface area contributed by atoms with Gasteiger partial charge in [0.05, 0.1) is 0 Å². The molecule has 0 aliphatic rings. The van der Waals surface area contributed by atoms with Gasteiger partial charge >= 0.3 is 0 Å². The fraction of sp³-hybridized carbons (Fsp3) is 0.400. The minimum absolute atomic E-state index is 1.14. The molecule has 0 unspecified atom stereocenters. The van der Waals surface area contributed by atoms with Gasteiger partial charge in [-0.05, 0) is 60.8 Å². The van der Waals surface area contributed by atoms with E-state index in [2.05, 4.69) is 62.4 Å². The molecule has 2 aromatic carbocycles. The lowest BCUT2D eigenvalue weighted by atomic mass is 9.98. The summed E-state index contributed by atoms with van der Waals surface area (Å²) < 4.78 is 0. The van der Waals surface area contributed by atoms with Crippen LogP contribution >= 0.6 is 0 Å². The predicted molar refractivity (Wildman–Crippen MR) is 88.3 cm³/mol. The fourth-order valence-electron chi connectivity index (χ4n) is 2.80. The maximum Gasteiger partial charge on any atom is -0.0276 e. The van der Waals surface area contributed by atoms with E-state index in [0.717, 1.165) is 12.8 Å².